The first-order valence-electron chi connectivity index (χ1n) is 10.3. The molecular weight excluding hydrogens is 462 g/mol. The van der Waals surface area contributed by atoms with E-state index in [1.165, 1.54) is 12.1 Å². The van der Waals surface area contributed by atoms with Crippen molar-refractivity contribution in [3.8, 4) is 16.9 Å². The van der Waals surface area contributed by atoms with Crippen LogP contribution in [0.2, 0.25) is 5.02 Å². The number of H-pyrrole nitrogens is 1. The predicted molar refractivity (Wildman–Crippen MR) is 131 cm³/mol. The number of ketones is 1. The molecule has 2 aromatic carbocycles. The molecule has 0 saturated heterocycles. The summed E-state index contributed by atoms with van der Waals surface area (Å²) in [6, 6.07) is 11.8. The second-order valence-electron chi connectivity index (χ2n) is 7.75. The molecule has 2 heterocycles. The van der Waals surface area contributed by atoms with Crippen LogP contribution in [-0.4, -0.2) is 35.0 Å². The van der Waals surface area contributed by atoms with E-state index in [2.05, 4.69) is 14.7 Å². The highest BCUT2D eigenvalue weighted by Crippen LogP contribution is 2.31. The van der Waals surface area contributed by atoms with Crippen LogP contribution in [0, 0.1) is 6.92 Å². The van der Waals surface area contributed by atoms with E-state index in [0.29, 0.717) is 33.6 Å². The van der Waals surface area contributed by atoms with Crippen molar-refractivity contribution in [3.63, 3.8) is 0 Å². The molecule has 0 aliphatic carbocycles. The van der Waals surface area contributed by atoms with Crippen LogP contribution in [0.4, 0.5) is 5.69 Å². The summed E-state index contributed by atoms with van der Waals surface area (Å²) in [6.07, 6.45) is 3.71. The minimum absolute atomic E-state index is 0.0625. The van der Waals surface area contributed by atoms with Gasteiger partial charge in [-0.2, -0.15) is 0 Å². The van der Waals surface area contributed by atoms with Gasteiger partial charge in [0.1, 0.15) is 11.4 Å². The van der Waals surface area contributed by atoms with E-state index >= 15 is 0 Å². The number of hydrogen-bond donors (Lipinski definition) is 3. The molecule has 170 valence electrons. The zero-order valence-electron chi connectivity index (χ0n) is 18.0. The number of carbonyl (C=O) groups excluding carboxylic acids is 1. The Kier molecular flexibility index (Phi) is 6.14. The Labute approximate surface area is 196 Å². The van der Waals surface area contributed by atoms with Gasteiger partial charge in [0.2, 0.25) is 10.0 Å². The smallest absolute Gasteiger partial charge is 0.232 e. The number of anilines is 1. The zero-order valence-corrected chi connectivity index (χ0v) is 19.6. The molecule has 0 aliphatic heterocycles. The van der Waals surface area contributed by atoms with Crippen molar-refractivity contribution in [2.75, 3.05) is 10.5 Å². The number of carbonyl (C=O) groups is 1. The van der Waals surface area contributed by atoms with E-state index in [9.17, 15) is 18.3 Å². The van der Waals surface area contributed by atoms with Gasteiger partial charge in [-0.15, -0.1) is 0 Å². The molecule has 3 N–H and O–H groups in total. The third kappa shape index (κ3) is 4.72. The largest absolute Gasteiger partial charge is 0.508 e. The molecule has 9 heteroatoms. The van der Waals surface area contributed by atoms with Crippen molar-refractivity contribution in [1.29, 1.82) is 0 Å². The fourth-order valence-electron chi connectivity index (χ4n) is 3.66. The highest BCUT2D eigenvalue weighted by atomic mass is 35.5. The average molecular weight is 484 g/mol. The first kappa shape index (κ1) is 22.8. The van der Waals surface area contributed by atoms with Crippen molar-refractivity contribution in [2.45, 2.75) is 20.3 Å². The third-order valence-corrected chi connectivity index (χ3v) is 7.06. The van der Waals surface area contributed by atoms with Gasteiger partial charge in [-0.3, -0.25) is 9.52 Å². The quantitative estimate of drug-likeness (QED) is 0.309. The summed E-state index contributed by atoms with van der Waals surface area (Å²) in [6.45, 7) is 3.40. The SMILES string of the molecule is CCCS(=O)(=O)Nc1cc(O)cc(C(=O)c2c[nH]c3ncc(-c4ccc(Cl)cc4)cc23)c1C. The van der Waals surface area contributed by atoms with Crippen LogP contribution in [0.25, 0.3) is 22.2 Å². The first-order valence-corrected chi connectivity index (χ1v) is 12.3. The lowest BCUT2D eigenvalue weighted by Gasteiger charge is -2.14. The summed E-state index contributed by atoms with van der Waals surface area (Å²) in [5.41, 5.74) is 3.41. The van der Waals surface area contributed by atoms with Gasteiger partial charge in [0, 0.05) is 45.6 Å². The number of halogens is 1. The summed E-state index contributed by atoms with van der Waals surface area (Å²) in [5, 5.41) is 11.4. The van der Waals surface area contributed by atoms with E-state index in [0.717, 1.165) is 11.1 Å². The van der Waals surface area contributed by atoms with Crippen LogP contribution >= 0.6 is 11.6 Å². The van der Waals surface area contributed by atoms with Gasteiger partial charge in [-0.05, 0) is 48.7 Å². The number of nitrogens with zero attached hydrogens (tertiary/aromatic N) is 1. The molecule has 0 spiro atoms. The number of aromatic nitrogens is 2. The Morgan fingerprint density at radius 3 is 2.55 bits per heavy atom. The van der Waals surface area contributed by atoms with Crippen LogP contribution in [-0.2, 0) is 10.0 Å². The molecule has 33 heavy (non-hydrogen) atoms. The molecule has 2 aromatic heterocycles. The molecule has 0 saturated carbocycles. The van der Waals surface area contributed by atoms with Gasteiger partial charge in [-0.1, -0.05) is 30.7 Å². The lowest BCUT2D eigenvalue weighted by Crippen LogP contribution is -2.17. The number of rotatable bonds is 7. The lowest BCUT2D eigenvalue weighted by molar-refractivity contribution is 0.103. The molecule has 0 radical (unpaired) electrons. The molecule has 7 nitrogen and oxygen atoms in total. The van der Waals surface area contributed by atoms with Crippen LogP contribution in [0.15, 0.2) is 54.9 Å². The van der Waals surface area contributed by atoms with Gasteiger partial charge in [0.25, 0.3) is 0 Å². The Balaban J connectivity index is 1.77. The van der Waals surface area contributed by atoms with Gasteiger partial charge in [0.15, 0.2) is 5.78 Å². The van der Waals surface area contributed by atoms with Crippen molar-refractivity contribution in [2.24, 2.45) is 0 Å². The minimum atomic E-state index is -3.59. The van der Waals surface area contributed by atoms with E-state index in [-0.39, 0.29) is 28.5 Å². The van der Waals surface area contributed by atoms with Crippen molar-refractivity contribution < 1.29 is 18.3 Å². The fraction of sp³-hybridized carbons (Fsp3) is 0.167. The normalized spacial score (nSPS) is 11.6. The molecule has 0 amide bonds. The van der Waals surface area contributed by atoms with Crippen molar-refractivity contribution in [1.82, 2.24) is 9.97 Å². The number of aromatic amines is 1. The van der Waals surface area contributed by atoms with Crippen LogP contribution < -0.4 is 4.72 Å². The highest BCUT2D eigenvalue weighted by molar-refractivity contribution is 7.92. The van der Waals surface area contributed by atoms with E-state index < -0.39 is 10.0 Å². The van der Waals surface area contributed by atoms with Gasteiger partial charge < -0.3 is 10.1 Å². The predicted octanol–water partition coefficient (Wildman–Crippen LogP) is 5.28. The number of benzene rings is 2. The summed E-state index contributed by atoms with van der Waals surface area (Å²) < 4.78 is 27.0. The van der Waals surface area contributed by atoms with E-state index in [1.807, 2.05) is 18.2 Å². The number of pyridine rings is 1. The Morgan fingerprint density at radius 2 is 1.85 bits per heavy atom. The Bertz CT molecular complexity index is 1460. The second kappa shape index (κ2) is 8.88. The van der Waals surface area contributed by atoms with E-state index in [1.54, 1.807) is 38.4 Å². The number of nitrogens with one attached hydrogen (secondary N) is 2. The molecular formula is C24H22ClN3O4S. The maximum atomic E-state index is 13.5. The first-order chi connectivity index (χ1) is 15.7. The number of aromatic hydroxyl groups is 1. The standard InChI is InChI=1S/C24H22ClN3O4S/c1-3-8-33(31,32)28-22-11-18(29)10-19(14(22)2)23(30)21-13-27-24-20(21)9-16(12-26-24)15-4-6-17(25)7-5-15/h4-7,9-13,28-29H,3,8H2,1-2H3,(H,26,27). The molecule has 0 aliphatic rings. The molecule has 4 rings (SSSR count). The van der Waals surface area contributed by atoms with Crippen molar-refractivity contribution >= 4 is 44.1 Å². The van der Waals surface area contributed by atoms with Gasteiger partial charge >= 0.3 is 0 Å². The third-order valence-electron chi connectivity index (χ3n) is 5.33. The summed E-state index contributed by atoms with van der Waals surface area (Å²) in [7, 11) is -3.59. The molecule has 0 bridgehead atoms. The maximum absolute atomic E-state index is 13.5. The van der Waals surface area contributed by atoms with Crippen molar-refractivity contribution in [3.05, 3.63) is 76.6 Å². The minimum Gasteiger partial charge on any atom is -0.508 e. The maximum Gasteiger partial charge on any atom is 0.232 e. The summed E-state index contributed by atoms with van der Waals surface area (Å²) in [5.74, 6) is -0.633. The Hall–Kier alpha value is -3.36. The number of fused-ring (bicyclic) bond motifs is 1. The Morgan fingerprint density at radius 1 is 1.12 bits per heavy atom. The monoisotopic (exact) mass is 483 g/mol. The fourth-order valence-corrected chi connectivity index (χ4v) is 4.98. The number of phenols is 1. The van der Waals surface area contributed by atoms with Crippen LogP contribution in [0.3, 0.4) is 0 Å². The van der Waals surface area contributed by atoms with Gasteiger partial charge in [-0.25, -0.2) is 13.4 Å². The lowest BCUT2D eigenvalue weighted by atomic mass is 9.97. The number of phenolic OH excluding ortho intramolecular Hbond substituents is 1. The second-order valence-corrected chi connectivity index (χ2v) is 10.0. The topological polar surface area (TPSA) is 112 Å². The zero-order chi connectivity index (χ0) is 23.8. The molecule has 0 atom stereocenters. The van der Waals surface area contributed by atoms with Crippen LogP contribution in [0.1, 0.15) is 34.8 Å². The summed E-state index contributed by atoms with van der Waals surface area (Å²) in [4.78, 5) is 20.9. The number of hydrogen-bond acceptors (Lipinski definition) is 5. The van der Waals surface area contributed by atoms with Crippen LogP contribution in [0.5, 0.6) is 5.75 Å². The number of sulfonamides is 1. The highest BCUT2D eigenvalue weighted by Gasteiger charge is 2.21. The molecule has 4 aromatic rings. The molecule has 0 unspecified atom stereocenters. The van der Waals surface area contributed by atoms with E-state index in [4.69, 9.17) is 11.6 Å². The van der Waals surface area contributed by atoms with Gasteiger partial charge in [0.05, 0.1) is 11.4 Å². The average Bonchev–Trinajstić information content (AvgIpc) is 3.19. The molecule has 0 fully saturated rings. The summed E-state index contributed by atoms with van der Waals surface area (Å²) >= 11 is 5.98.